The lowest BCUT2D eigenvalue weighted by Gasteiger charge is -2.19. The van der Waals surface area contributed by atoms with Crippen LogP contribution in [0.4, 0.5) is 0 Å². The Kier molecular flexibility index (Phi) is 3.91. The summed E-state index contributed by atoms with van der Waals surface area (Å²) in [6.07, 6.45) is 0. The maximum atomic E-state index is 3.75. The number of hydrogen-bond acceptors (Lipinski definition) is 0. The Bertz CT molecular complexity index is 591. The average molecular weight is 270 g/mol. The van der Waals surface area contributed by atoms with Crippen molar-refractivity contribution in [2.24, 2.45) is 0 Å². The highest BCUT2D eigenvalue weighted by molar-refractivity contribution is 6.34. The van der Waals surface area contributed by atoms with E-state index < -0.39 is 0 Å². The summed E-state index contributed by atoms with van der Waals surface area (Å²) in [4.78, 5) is 3.48. The average Bonchev–Trinajstić information content (AvgIpc) is 2.62. The van der Waals surface area contributed by atoms with Crippen molar-refractivity contribution < 1.29 is 0 Å². The van der Waals surface area contributed by atoms with Gasteiger partial charge in [-0.1, -0.05) is 47.6 Å². The molecule has 2 rings (SSSR count). The van der Waals surface area contributed by atoms with Crippen LogP contribution in [0.3, 0.4) is 0 Å². The minimum atomic E-state index is 0.515. The van der Waals surface area contributed by atoms with Crippen LogP contribution in [0.1, 0.15) is 76.0 Å². The van der Waals surface area contributed by atoms with Gasteiger partial charge in [-0.05, 0) is 45.8 Å². The van der Waals surface area contributed by atoms with Gasteiger partial charge in [0.1, 0.15) is 0 Å². The second kappa shape index (κ2) is 5.16. The molecular weight excluding hydrogens is 246 g/mol. The molecule has 2 heteroatoms. The molecule has 0 fully saturated rings. The Morgan fingerprint density at radius 1 is 0.842 bits per heavy atom. The molecule has 0 atom stereocenters. The fourth-order valence-electron chi connectivity index (χ4n) is 3.06. The van der Waals surface area contributed by atoms with Gasteiger partial charge < -0.3 is 4.98 Å². The number of fused-ring (bicyclic) bond motifs is 1. The summed E-state index contributed by atoms with van der Waals surface area (Å²) in [6.45, 7) is 13.7. The molecule has 1 aromatic carbocycles. The van der Waals surface area contributed by atoms with Crippen LogP contribution < -0.4 is 5.32 Å². The van der Waals surface area contributed by atoms with Gasteiger partial charge in [0.2, 0.25) is 0 Å². The van der Waals surface area contributed by atoms with E-state index in [4.69, 9.17) is 0 Å². The molecule has 0 saturated heterocycles. The molecule has 0 unspecified atom stereocenters. The SMILES string of the molecule is CC(C)c1ccc2[nH]c([Si])c(C(C)C)c2c1C(C)C. The molecule has 0 aliphatic rings. The zero-order valence-electron chi connectivity index (χ0n) is 12.9. The highest BCUT2D eigenvalue weighted by atomic mass is 28.1. The molecular formula is C17H24NSi. The van der Waals surface area contributed by atoms with Crippen molar-refractivity contribution >= 4 is 26.5 Å². The first-order chi connectivity index (χ1) is 8.84. The van der Waals surface area contributed by atoms with E-state index >= 15 is 0 Å². The third-order valence-electron chi connectivity index (χ3n) is 3.85. The lowest BCUT2D eigenvalue weighted by atomic mass is 9.85. The van der Waals surface area contributed by atoms with Crippen LogP contribution in [0.5, 0.6) is 0 Å². The first-order valence-electron chi connectivity index (χ1n) is 7.24. The van der Waals surface area contributed by atoms with E-state index in [9.17, 15) is 0 Å². The van der Waals surface area contributed by atoms with E-state index in [-0.39, 0.29) is 0 Å². The molecule has 0 bridgehead atoms. The summed E-state index contributed by atoms with van der Waals surface area (Å²) in [5.41, 5.74) is 5.66. The van der Waals surface area contributed by atoms with Gasteiger partial charge in [0.25, 0.3) is 0 Å². The van der Waals surface area contributed by atoms with Gasteiger partial charge in [-0.2, -0.15) is 0 Å². The van der Waals surface area contributed by atoms with Crippen molar-refractivity contribution in [3.8, 4) is 0 Å². The van der Waals surface area contributed by atoms with Gasteiger partial charge in [-0.3, -0.25) is 0 Å². The van der Waals surface area contributed by atoms with Crippen molar-refractivity contribution in [3.63, 3.8) is 0 Å². The summed E-state index contributed by atoms with van der Waals surface area (Å²) in [5.74, 6) is 1.62. The zero-order valence-corrected chi connectivity index (χ0v) is 13.9. The van der Waals surface area contributed by atoms with E-state index in [1.54, 1.807) is 0 Å². The lowest BCUT2D eigenvalue weighted by Crippen LogP contribution is -2.11. The second-order valence-corrected chi connectivity index (χ2v) is 6.87. The van der Waals surface area contributed by atoms with Crippen molar-refractivity contribution in [1.29, 1.82) is 0 Å². The highest BCUT2D eigenvalue weighted by Gasteiger charge is 2.20. The topological polar surface area (TPSA) is 15.8 Å². The maximum Gasteiger partial charge on any atom is 0.0966 e. The van der Waals surface area contributed by atoms with Crippen LogP contribution in [-0.2, 0) is 0 Å². The second-order valence-electron chi connectivity index (χ2n) is 6.37. The molecule has 1 nitrogen and oxygen atoms in total. The van der Waals surface area contributed by atoms with Gasteiger partial charge in [0.05, 0.1) is 10.2 Å². The highest BCUT2D eigenvalue weighted by Crippen LogP contribution is 2.36. The first kappa shape index (κ1) is 14.4. The Hall–Kier alpha value is -1.02. The van der Waals surface area contributed by atoms with Crippen LogP contribution >= 0.6 is 0 Å². The van der Waals surface area contributed by atoms with Crippen LogP contribution in [0.15, 0.2) is 12.1 Å². The lowest BCUT2D eigenvalue weighted by molar-refractivity contribution is 0.794. The molecule has 101 valence electrons. The number of hydrogen-bond donors (Lipinski definition) is 1. The molecule has 0 spiro atoms. The van der Waals surface area contributed by atoms with E-state index in [1.807, 2.05) is 0 Å². The van der Waals surface area contributed by atoms with Crippen LogP contribution in [-0.4, -0.2) is 15.2 Å². The predicted octanol–water partition coefficient (Wildman–Crippen LogP) is 4.33. The number of H-pyrrole nitrogens is 1. The maximum absolute atomic E-state index is 3.75. The number of benzene rings is 1. The molecule has 1 heterocycles. The quantitative estimate of drug-likeness (QED) is 0.799. The number of rotatable bonds is 3. The van der Waals surface area contributed by atoms with Gasteiger partial charge in [-0.25, -0.2) is 0 Å². The molecule has 2 aromatic rings. The predicted molar refractivity (Wildman–Crippen MR) is 86.0 cm³/mol. The summed E-state index contributed by atoms with van der Waals surface area (Å²) in [6, 6.07) is 4.51. The third-order valence-corrected chi connectivity index (χ3v) is 4.25. The van der Waals surface area contributed by atoms with Crippen molar-refractivity contribution in [2.75, 3.05) is 0 Å². The van der Waals surface area contributed by atoms with Crippen molar-refractivity contribution in [2.45, 2.75) is 59.3 Å². The minimum absolute atomic E-state index is 0.515. The minimum Gasteiger partial charge on any atom is -0.363 e. The van der Waals surface area contributed by atoms with E-state index in [2.05, 4.69) is 68.9 Å². The van der Waals surface area contributed by atoms with E-state index in [0.29, 0.717) is 17.8 Å². The Morgan fingerprint density at radius 2 is 1.42 bits per heavy atom. The van der Waals surface area contributed by atoms with Crippen molar-refractivity contribution in [1.82, 2.24) is 4.98 Å². The summed E-state index contributed by atoms with van der Waals surface area (Å²) >= 11 is 0. The largest absolute Gasteiger partial charge is 0.363 e. The molecule has 1 N–H and O–H groups in total. The van der Waals surface area contributed by atoms with Crippen LogP contribution in [0.2, 0.25) is 0 Å². The number of nitrogens with one attached hydrogen (secondary N) is 1. The van der Waals surface area contributed by atoms with E-state index in [1.165, 1.54) is 27.6 Å². The standard InChI is InChI=1S/C17H24NSi/c1-9(2)12-7-8-13-16(14(12)10(3)4)15(11(5)6)17(19)18-13/h7-11,18H,1-6H3. The van der Waals surface area contributed by atoms with Gasteiger partial charge in [-0.15, -0.1) is 0 Å². The van der Waals surface area contributed by atoms with Crippen LogP contribution in [0, 0.1) is 0 Å². The Labute approximate surface area is 120 Å². The van der Waals surface area contributed by atoms with Crippen LogP contribution in [0.25, 0.3) is 10.9 Å². The normalized spacial score (nSPS) is 12.3. The first-order valence-corrected chi connectivity index (χ1v) is 7.74. The monoisotopic (exact) mass is 270 g/mol. The Morgan fingerprint density at radius 3 is 1.89 bits per heavy atom. The summed E-state index contributed by atoms with van der Waals surface area (Å²) < 4.78 is 0. The Balaban J connectivity index is 2.90. The smallest absolute Gasteiger partial charge is 0.0966 e. The molecule has 3 radical (unpaired) electrons. The molecule has 19 heavy (non-hydrogen) atoms. The van der Waals surface area contributed by atoms with E-state index in [0.717, 1.165) is 5.32 Å². The molecule has 0 amide bonds. The van der Waals surface area contributed by atoms with Gasteiger partial charge in [0, 0.05) is 10.9 Å². The molecule has 0 saturated carbocycles. The third kappa shape index (κ3) is 2.38. The molecule has 1 aromatic heterocycles. The van der Waals surface area contributed by atoms with Crippen molar-refractivity contribution in [3.05, 3.63) is 28.8 Å². The molecule has 0 aliphatic heterocycles. The number of aromatic amines is 1. The van der Waals surface area contributed by atoms with Gasteiger partial charge >= 0.3 is 0 Å². The summed E-state index contributed by atoms with van der Waals surface area (Å²) in [5, 5.41) is 2.56. The zero-order chi connectivity index (χ0) is 14.3. The number of aromatic nitrogens is 1. The fourth-order valence-corrected chi connectivity index (χ4v) is 3.61. The summed E-state index contributed by atoms with van der Waals surface area (Å²) in [7, 11) is 3.75. The molecule has 0 aliphatic carbocycles. The fraction of sp³-hybridized carbons (Fsp3) is 0.529. The van der Waals surface area contributed by atoms with Gasteiger partial charge in [0.15, 0.2) is 0 Å².